The van der Waals surface area contributed by atoms with Gasteiger partial charge in [0.25, 0.3) is 0 Å². The van der Waals surface area contributed by atoms with E-state index in [9.17, 15) is 0 Å². The van der Waals surface area contributed by atoms with E-state index in [1.165, 1.54) is 11.3 Å². The van der Waals surface area contributed by atoms with Crippen molar-refractivity contribution >= 4 is 5.69 Å². The average Bonchev–Trinajstić information content (AvgIpc) is 2.14. The quantitative estimate of drug-likeness (QED) is 0.819. The Hall–Kier alpha value is -1.18. The number of hydrogen-bond acceptors (Lipinski definition) is 2. The van der Waals surface area contributed by atoms with E-state index in [2.05, 4.69) is 39.1 Å². The Morgan fingerprint density at radius 2 is 1.93 bits per heavy atom. The van der Waals surface area contributed by atoms with Crippen molar-refractivity contribution in [3.05, 3.63) is 23.8 Å². The van der Waals surface area contributed by atoms with Crippen LogP contribution in [0.5, 0.6) is 5.75 Å². The van der Waals surface area contributed by atoms with Gasteiger partial charge >= 0.3 is 0 Å². The molecule has 0 unspecified atom stereocenters. The number of anilines is 1. The molecule has 0 aliphatic carbocycles. The van der Waals surface area contributed by atoms with E-state index in [0.29, 0.717) is 5.41 Å². The number of rotatable bonds is 3. The second-order valence-corrected chi connectivity index (χ2v) is 5.10. The highest BCUT2D eigenvalue weighted by Crippen LogP contribution is 2.22. The number of nitrogens with one attached hydrogen (secondary N) is 1. The number of methoxy groups -OCH3 is 1. The highest BCUT2D eigenvalue weighted by atomic mass is 16.5. The molecule has 2 heteroatoms. The summed E-state index contributed by atoms with van der Waals surface area (Å²) in [4.78, 5) is 0. The van der Waals surface area contributed by atoms with Crippen molar-refractivity contribution in [3.63, 3.8) is 0 Å². The first-order valence-corrected chi connectivity index (χ1v) is 5.31. The lowest BCUT2D eigenvalue weighted by Gasteiger charge is -2.20. The summed E-state index contributed by atoms with van der Waals surface area (Å²) >= 11 is 0. The molecule has 0 amide bonds. The topological polar surface area (TPSA) is 21.3 Å². The van der Waals surface area contributed by atoms with Gasteiger partial charge in [0.15, 0.2) is 0 Å². The fourth-order valence-corrected chi connectivity index (χ4v) is 1.32. The van der Waals surface area contributed by atoms with Crippen LogP contribution in [-0.2, 0) is 0 Å². The molecule has 0 atom stereocenters. The van der Waals surface area contributed by atoms with Gasteiger partial charge < -0.3 is 10.1 Å². The fraction of sp³-hybridized carbons (Fsp3) is 0.538. The maximum atomic E-state index is 5.17. The zero-order chi connectivity index (χ0) is 11.5. The molecule has 2 nitrogen and oxygen atoms in total. The molecular formula is C13H21NO. The van der Waals surface area contributed by atoms with E-state index in [1.54, 1.807) is 7.11 Å². The molecule has 1 aromatic carbocycles. The molecule has 15 heavy (non-hydrogen) atoms. The fourth-order valence-electron chi connectivity index (χ4n) is 1.32. The molecule has 0 saturated carbocycles. The first-order chi connectivity index (χ1) is 6.92. The van der Waals surface area contributed by atoms with Crippen molar-refractivity contribution in [1.29, 1.82) is 0 Å². The Morgan fingerprint density at radius 1 is 1.27 bits per heavy atom. The lowest BCUT2D eigenvalue weighted by atomic mass is 9.97. The van der Waals surface area contributed by atoms with Gasteiger partial charge in [-0.3, -0.25) is 0 Å². The first kappa shape index (κ1) is 11.9. The maximum Gasteiger partial charge on any atom is 0.119 e. The normalized spacial score (nSPS) is 11.3. The van der Waals surface area contributed by atoms with Crippen LogP contribution < -0.4 is 10.1 Å². The predicted molar refractivity (Wildman–Crippen MR) is 65.7 cm³/mol. The van der Waals surface area contributed by atoms with E-state index >= 15 is 0 Å². The minimum atomic E-state index is 0.298. The van der Waals surface area contributed by atoms with Crippen LogP contribution in [0.25, 0.3) is 0 Å². The molecule has 0 aliphatic rings. The van der Waals surface area contributed by atoms with E-state index in [4.69, 9.17) is 4.74 Å². The molecule has 0 saturated heterocycles. The van der Waals surface area contributed by atoms with Crippen LogP contribution in [0, 0.1) is 12.3 Å². The Kier molecular flexibility index (Phi) is 3.61. The second kappa shape index (κ2) is 4.56. The van der Waals surface area contributed by atoms with Gasteiger partial charge in [0.1, 0.15) is 5.75 Å². The van der Waals surface area contributed by atoms with Crippen molar-refractivity contribution in [3.8, 4) is 5.75 Å². The van der Waals surface area contributed by atoms with Crippen LogP contribution in [0.4, 0.5) is 5.69 Å². The summed E-state index contributed by atoms with van der Waals surface area (Å²) in [6.07, 6.45) is 0. The summed E-state index contributed by atoms with van der Waals surface area (Å²) in [5, 5.41) is 3.45. The van der Waals surface area contributed by atoms with Crippen molar-refractivity contribution in [1.82, 2.24) is 0 Å². The van der Waals surface area contributed by atoms with Gasteiger partial charge in [0.2, 0.25) is 0 Å². The van der Waals surface area contributed by atoms with Gasteiger partial charge in [0.05, 0.1) is 7.11 Å². The highest BCUT2D eigenvalue weighted by Gasteiger charge is 2.10. The van der Waals surface area contributed by atoms with Crippen molar-refractivity contribution < 1.29 is 4.74 Å². The Balaban J connectivity index is 2.70. The largest absolute Gasteiger partial charge is 0.497 e. The van der Waals surface area contributed by atoms with Crippen LogP contribution >= 0.6 is 0 Å². The SMILES string of the molecule is COc1ccc(NCC(C)(C)C)c(C)c1. The van der Waals surface area contributed by atoms with E-state index < -0.39 is 0 Å². The molecule has 0 radical (unpaired) electrons. The predicted octanol–water partition coefficient (Wildman–Crippen LogP) is 3.46. The van der Waals surface area contributed by atoms with E-state index in [0.717, 1.165) is 12.3 Å². The van der Waals surface area contributed by atoms with Gasteiger partial charge in [0, 0.05) is 12.2 Å². The molecular weight excluding hydrogens is 186 g/mol. The third-order valence-electron chi connectivity index (χ3n) is 2.24. The summed E-state index contributed by atoms with van der Waals surface area (Å²) < 4.78 is 5.17. The summed E-state index contributed by atoms with van der Waals surface area (Å²) in [6, 6.07) is 6.10. The minimum absolute atomic E-state index is 0.298. The molecule has 0 heterocycles. The zero-order valence-electron chi connectivity index (χ0n) is 10.3. The zero-order valence-corrected chi connectivity index (χ0v) is 10.3. The molecule has 1 aromatic rings. The monoisotopic (exact) mass is 207 g/mol. The van der Waals surface area contributed by atoms with Crippen molar-refractivity contribution in [2.75, 3.05) is 19.0 Å². The first-order valence-electron chi connectivity index (χ1n) is 5.31. The van der Waals surface area contributed by atoms with Gasteiger partial charge in [-0.25, -0.2) is 0 Å². The van der Waals surface area contributed by atoms with E-state index in [-0.39, 0.29) is 0 Å². The lowest BCUT2D eigenvalue weighted by Crippen LogP contribution is -2.19. The molecule has 0 spiro atoms. The highest BCUT2D eigenvalue weighted by molar-refractivity contribution is 5.53. The smallest absolute Gasteiger partial charge is 0.119 e. The van der Waals surface area contributed by atoms with Crippen molar-refractivity contribution in [2.24, 2.45) is 5.41 Å². The Labute approximate surface area is 92.6 Å². The number of aryl methyl sites for hydroxylation is 1. The van der Waals surface area contributed by atoms with Gasteiger partial charge in [-0.1, -0.05) is 20.8 Å². The standard InChI is InChI=1S/C13H21NO/c1-10-8-11(15-5)6-7-12(10)14-9-13(2,3)4/h6-8,14H,9H2,1-5H3. The molecule has 1 rings (SSSR count). The summed E-state index contributed by atoms with van der Waals surface area (Å²) in [5.74, 6) is 0.911. The third-order valence-corrected chi connectivity index (χ3v) is 2.24. The molecule has 84 valence electrons. The molecule has 0 fully saturated rings. The van der Waals surface area contributed by atoms with Crippen LogP contribution in [0.3, 0.4) is 0 Å². The lowest BCUT2D eigenvalue weighted by molar-refractivity contribution is 0.414. The van der Waals surface area contributed by atoms with Crippen LogP contribution in [0.1, 0.15) is 26.3 Å². The van der Waals surface area contributed by atoms with Gasteiger partial charge in [-0.15, -0.1) is 0 Å². The molecule has 1 N–H and O–H groups in total. The molecule has 0 aromatic heterocycles. The number of hydrogen-bond donors (Lipinski definition) is 1. The number of ether oxygens (including phenoxy) is 1. The summed E-state index contributed by atoms with van der Waals surface area (Å²) in [5.41, 5.74) is 2.70. The Morgan fingerprint density at radius 3 is 2.40 bits per heavy atom. The number of benzene rings is 1. The molecule has 0 aliphatic heterocycles. The van der Waals surface area contributed by atoms with Crippen LogP contribution in [0.15, 0.2) is 18.2 Å². The van der Waals surface area contributed by atoms with Gasteiger partial charge in [-0.2, -0.15) is 0 Å². The molecule has 0 bridgehead atoms. The summed E-state index contributed by atoms with van der Waals surface area (Å²) in [6.45, 7) is 9.73. The maximum absolute atomic E-state index is 5.17. The average molecular weight is 207 g/mol. The van der Waals surface area contributed by atoms with Crippen molar-refractivity contribution in [2.45, 2.75) is 27.7 Å². The summed E-state index contributed by atoms with van der Waals surface area (Å²) in [7, 11) is 1.69. The van der Waals surface area contributed by atoms with E-state index in [1.807, 2.05) is 12.1 Å². The Bertz CT molecular complexity index is 326. The minimum Gasteiger partial charge on any atom is -0.497 e. The third kappa shape index (κ3) is 3.82. The van der Waals surface area contributed by atoms with Crippen LogP contribution in [-0.4, -0.2) is 13.7 Å². The second-order valence-electron chi connectivity index (χ2n) is 5.10. The van der Waals surface area contributed by atoms with Crippen LogP contribution in [0.2, 0.25) is 0 Å². The van der Waals surface area contributed by atoms with Gasteiger partial charge in [-0.05, 0) is 36.1 Å².